The van der Waals surface area contributed by atoms with Crippen molar-refractivity contribution in [2.24, 2.45) is 5.92 Å². The van der Waals surface area contributed by atoms with Crippen molar-refractivity contribution in [2.75, 3.05) is 6.54 Å². The van der Waals surface area contributed by atoms with Gasteiger partial charge in [0.2, 0.25) is 5.91 Å². The van der Waals surface area contributed by atoms with Crippen LogP contribution >= 0.6 is 0 Å². The first-order valence-corrected chi connectivity index (χ1v) is 8.41. The standard InChI is InChI=1S/C18H27N3O2/c1-13-7-9-15(10-8-13)11-19-18(23)20-12-17(22)21-16-6-4-3-5-14(16)2/h7-10,14,16H,3-6,11-12H2,1-2H3,(H,21,22)(H2,19,20,23)/t14-,16-/m1/s1. The number of hydrogen-bond acceptors (Lipinski definition) is 2. The molecule has 2 atom stereocenters. The molecule has 5 heteroatoms. The molecule has 0 heterocycles. The third kappa shape index (κ3) is 5.93. The van der Waals surface area contributed by atoms with Crippen molar-refractivity contribution >= 4 is 11.9 Å². The van der Waals surface area contributed by atoms with Crippen molar-refractivity contribution in [3.8, 4) is 0 Å². The molecule has 0 aliphatic heterocycles. The summed E-state index contributed by atoms with van der Waals surface area (Å²) in [6, 6.07) is 7.90. The summed E-state index contributed by atoms with van der Waals surface area (Å²) >= 11 is 0. The third-order valence-electron chi connectivity index (χ3n) is 4.44. The van der Waals surface area contributed by atoms with Gasteiger partial charge in [-0.05, 0) is 31.2 Å². The van der Waals surface area contributed by atoms with Crippen molar-refractivity contribution in [1.82, 2.24) is 16.0 Å². The van der Waals surface area contributed by atoms with Crippen molar-refractivity contribution in [3.05, 3.63) is 35.4 Å². The van der Waals surface area contributed by atoms with Gasteiger partial charge in [-0.1, -0.05) is 49.6 Å². The van der Waals surface area contributed by atoms with E-state index in [0.717, 1.165) is 18.4 Å². The smallest absolute Gasteiger partial charge is 0.315 e. The van der Waals surface area contributed by atoms with E-state index in [1.807, 2.05) is 31.2 Å². The molecule has 3 amide bonds. The Balaban J connectivity index is 1.65. The molecule has 0 bridgehead atoms. The molecule has 0 unspecified atom stereocenters. The summed E-state index contributed by atoms with van der Waals surface area (Å²) in [5, 5.41) is 8.39. The Kier molecular flexibility index (Phi) is 6.44. The molecule has 0 saturated heterocycles. The number of aryl methyl sites for hydroxylation is 1. The SMILES string of the molecule is Cc1ccc(CNC(=O)NCC(=O)N[C@@H]2CCCC[C@H]2C)cc1. The Morgan fingerprint density at radius 3 is 2.48 bits per heavy atom. The average molecular weight is 317 g/mol. The van der Waals surface area contributed by atoms with Crippen molar-refractivity contribution < 1.29 is 9.59 Å². The van der Waals surface area contributed by atoms with Gasteiger partial charge in [-0.25, -0.2) is 4.79 Å². The van der Waals surface area contributed by atoms with Gasteiger partial charge in [-0.2, -0.15) is 0 Å². The highest BCUT2D eigenvalue weighted by Gasteiger charge is 2.22. The zero-order valence-corrected chi connectivity index (χ0v) is 14.0. The lowest BCUT2D eigenvalue weighted by Gasteiger charge is -2.29. The molecule has 2 rings (SSSR count). The highest BCUT2D eigenvalue weighted by Crippen LogP contribution is 2.23. The highest BCUT2D eigenvalue weighted by molar-refractivity contribution is 5.84. The Labute approximate surface area is 138 Å². The van der Waals surface area contributed by atoms with Gasteiger partial charge < -0.3 is 16.0 Å². The van der Waals surface area contributed by atoms with Gasteiger partial charge in [-0.3, -0.25) is 4.79 Å². The molecule has 5 nitrogen and oxygen atoms in total. The molecule has 1 aliphatic carbocycles. The van der Waals surface area contributed by atoms with Crippen LogP contribution in [0.2, 0.25) is 0 Å². The molecule has 1 aromatic carbocycles. The molecule has 1 aliphatic rings. The number of amides is 3. The van der Waals surface area contributed by atoms with Gasteiger partial charge in [0.05, 0.1) is 6.54 Å². The summed E-state index contributed by atoms with van der Waals surface area (Å²) in [6.45, 7) is 4.66. The highest BCUT2D eigenvalue weighted by atomic mass is 16.2. The van der Waals surface area contributed by atoms with E-state index >= 15 is 0 Å². The van der Waals surface area contributed by atoms with E-state index in [-0.39, 0.29) is 24.5 Å². The van der Waals surface area contributed by atoms with Crippen LogP contribution < -0.4 is 16.0 Å². The molecular weight excluding hydrogens is 290 g/mol. The van der Waals surface area contributed by atoms with E-state index < -0.39 is 0 Å². The molecular formula is C18H27N3O2. The fraction of sp³-hybridized carbons (Fsp3) is 0.556. The lowest BCUT2D eigenvalue weighted by Crippen LogP contribution is -2.47. The largest absolute Gasteiger partial charge is 0.352 e. The van der Waals surface area contributed by atoms with E-state index in [0.29, 0.717) is 12.5 Å². The summed E-state index contributed by atoms with van der Waals surface area (Å²) in [6.07, 6.45) is 4.61. The van der Waals surface area contributed by atoms with Crippen LogP contribution in [0.5, 0.6) is 0 Å². The Bertz CT molecular complexity index is 528. The summed E-state index contributed by atoms with van der Waals surface area (Å²) < 4.78 is 0. The van der Waals surface area contributed by atoms with Gasteiger partial charge in [0, 0.05) is 12.6 Å². The number of rotatable bonds is 5. The van der Waals surface area contributed by atoms with Gasteiger partial charge >= 0.3 is 6.03 Å². The van der Waals surface area contributed by atoms with Crippen LogP contribution in [0.3, 0.4) is 0 Å². The molecule has 23 heavy (non-hydrogen) atoms. The van der Waals surface area contributed by atoms with Crippen LogP contribution in [0.4, 0.5) is 4.79 Å². The number of urea groups is 1. The second-order valence-electron chi connectivity index (χ2n) is 6.46. The molecule has 0 spiro atoms. The first-order valence-electron chi connectivity index (χ1n) is 8.41. The second-order valence-corrected chi connectivity index (χ2v) is 6.46. The zero-order valence-electron chi connectivity index (χ0n) is 14.0. The first-order chi connectivity index (χ1) is 11.0. The predicted molar refractivity (Wildman–Crippen MR) is 91.0 cm³/mol. The quantitative estimate of drug-likeness (QED) is 0.781. The van der Waals surface area contributed by atoms with Gasteiger partial charge in [0.15, 0.2) is 0 Å². The molecule has 0 radical (unpaired) electrons. The fourth-order valence-electron chi connectivity index (χ4n) is 2.90. The van der Waals surface area contributed by atoms with Gasteiger partial charge in [-0.15, -0.1) is 0 Å². The van der Waals surface area contributed by atoms with Crippen LogP contribution in [0, 0.1) is 12.8 Å². The number of nitrogens with one attached hydrogen (secondary N) is 3. The molecule has 1 aromatic rings. The van der Waals surface area contributed by atoms with E-state index in [1.165, 1.54) is 18.4 Å². The summed E-state index contributed by atoms with van der Waals surface area (Å²) in [5.74, 6) is 0.400. The summed E-state index contributed by atoms with van der Waals surface area (Å²) in [7, 11) is 0. The number of carbonyl (C=O) groups is 2. The molecule has 1 saturated carbocycles. The van der Waals surface area contributed by atoms with Crippen molar-refractivity contribution in [3.63, 3.8) is 0 Å². The van der Waals surface area contributed by atoms with Crippen molar-refractivity contribution in [1.29, 1.82) is 0 Å². The second kappa shape index (κ2) is 8.56. The Hall–Kier alpha value is -2.04. The summed E-state index contributed by atoms with van der Waals surface area (Å²) in [4.78, 5) is 23.7. The van der Waals surface area contributed by atoms with E-state index in [2.05, 4.69) is 22.9 Å². The number of benzene rings is 1. The maximum Gasteiger partial charge on any atom is 0.315 e. The predicted octanol–water partition coefficient (Wildman–Crippen LogP) is 2.49. The van der Waals surface area contributed by atoms with Crippen LogP contribution in [-0.2, 0) is 11.3 Å². The minimum absolute atomic E-state index is 0.0168. The maximum absolute atomic E-state index is 11.9. The lowest BCUT2D eigenvalue weighted by molar-refractivity contribution is -0.121. The Morgan fingerprint density at radius 2 is 1.78 bits per heavy atom. The fourth-order valence-corrected chi connectivity index (χ4v) is 2.90. The minimum atomic E-state index is -0.322. The zero-order chi connectivity index (χ0) is 16.7. The molecule has 1 fully saturated rings. The summed E-state index contributed by atoms with van der Waals surface area (Å²) in [5.41, 5.74) is 2.22. The van der Waals surface area contributed by atoms with Gasteiger partial charge in [0.25, 0.3) is 0 Å². The topological polar surface area (TPSA) is 70.2 Å². The van der Waals surface area contributed by atoms with Crippen LogP contribution in [0.15, 0.2) is 24.3 Å². The number of hydrogen-bond donors (Lipinski definition) is 3. The van der Waals surface area contributed by atoms with Crippen LogP contribution in [0.1, 0.15) is 43.7 Å². The van der Waals surface area contributed by atoms with Crippen molar-refractivity contribution in [2.45, 2.75) is 52.1 Å². The van der Waals surface area contributed by atoms with Crippen LogP contribution in [0.25, 0.3) is 0 Å². The lowest BCUT2D eigenvalue weighted by atomic mass is 9.86. The van der Waals surface area contributed by atoms with E-state index in [4.69, 9.17) is 0 Å². The van der Waals surface area contributed by atoms with Gasteiger partial charge in [0.1, 0.15) is 0 Å². The molecule has 0 aromatic heterocycles. The normalized spacial score (nSPS) is 20.6. The Morgan fingerprint density at radius 1 is 1.09 bits per heavy atom. The first kappa shape index (κ1) is 17.3. The number of carbonyl (C=O) groups excluding carboxylic acids is 2. The average Bonchev–Trinajstić information content (AvgIpc) is 2.54. The monoisotopic (exact) mass is 317 g/mol. The van der Waals surface area contributed by atoms with E-state index in [1.54, 1.807) is 0 Å². The van der Waals surface area contributed by atoms with E-state index in [9.17, 15) is 9.59 Å². The molecule has 126 valence electrons. The molecule has 3 N–H and O–H groups in total. The maximum atomic E-state index is 11.9. The van der Waals surface area contributed by atoms with Crippen LogP contribution in [-0.4, -0.2) is 24.5 Å². The third-order valence-corrected chi connectivity index (χ3v) is 4.44. The minimum Gasteiger partial charge on any atom is -0.352 e.